The zero-order valence-corrected chi connectivity index (χ0v) is 13.3. The van der Waals surface area contributed by atoms with E-state index in [0.717, 1.165) is 0 Å². The van der Waals surface area contributed by atoms with Crippen molar-refractivity contribution in [2.45, 2.75) is 33.2 Å². The average Bonchev–Trinajstić information content (AvgIpc) is 2.42. The highest BCUT2D eigenvalue weighted by Crippen LogP contribution is 2.30. The molecule has 0 bridgehead atoms. The van der Waals surface area contributed by atoms with Gasteiger partial charge in [-0.15, -0.1) is 0 Å². The number of nitro groups is 1. The van der Waals surface area contributed by atoms with Crippen LogP contribution in [0.3, 0.4) is 0 Å². The topological polar surface area (TPSA) is 131 Å². The van der Waals surface area contributed by atoms with Gasteiger partial charge in [0.25, 0.3) is 5.69 Å². The van der Waals surface area contributed by atoms with Crippen LogP contribution in [-0.2, 0) is 0 Å². The van der Waals surface area contributed by atoms with Gasteiger partial charge in [0.05, 0.1) is 11.5 Å². The summed E-state index contributed by atoms with van der Waals surface area (Å²) in [6.07, 6.45) is 0.590. The summed E-state index contributed by atoms with van der Waals surface area (Å²) in [7, 11) is 0. The van der Waals surface area contributed by atoms with Gasteiger partial charge in [0.15, 0.2) is 5.56 Å². The fraction of sp³-hybridized carbons (Fsp3) is 0.467. The summed E-state index contributed by atoms with van der Waals surface area (Å²) in [5.41, 5.74) is 4.36. The van der Waals surface area contributed by atoms with Gasteiger partial charge >= 0.3 is 6.03 Å². The first-order valence-corrected chi connectivity index (χ1v) is 7.02. The molecule has 0 aliphatic rings. The molecule has 0 spiro atoms. The van der Waals surface area contributed by atoms with Crippen LogP contribution in [-0.4, -0.2) is 23.6 Å². The maximum atomic E-state index is 10.9. The van der Waals surface area contributed by atoms with Crippen LogP contribution >= 0.6 is 0 Å². The molecule has 0 heterocycles. The second-order valence-electron chi connectivity index (χ2n) is 6.09. The SMILES string of the molecule is CC(CC(C)(C)COc1cccc([N+](=O)[O-])c1C#N)NC(N)=O. The van der Waals surface area contributed by atoms with E-state index in [9.17, 15) is 14.9 Å². The van der Waals surface area contributed by atoms with E-state index in [0.29, 0.717) is 6.42 Å². The molecule has 1 rings (SSSR count). The lowest BCUT2D eigenvalue weighted by molar-refractivity contribution is -0.385. The van der Waals surface area contributed by atoms with Crippen molar-refractivity contribution in [3.05, 3.63) is 33.9 Å². The van der Waals surface area contributed by atoms with Gasteiger partial charge in [0, 0.05) is 17.5 Å². The fourth-order valence-electron chi connectivity index (χ4n) is 2.36. The van der Waals surface area contributed by atoms with E-state index >= 15 is 0 Å². The van der Waals surface area contributed by atoms with Crippen LogP contribution in [0, 0.1) is 26.9 Å². The predicted octanol–water partition coefficient (Wildman–Crippen LogP) is 2.32. The standard InChI is InChI=1S/C15H20N4O4/c1-10(18-14(17)20)7-15(2,3)9-23-13-6-4-5-12(19(21)22)11(13)8-16/h4-6,10H,7,9H2,1-3H3,(H3,17,18,20). The Kier molecular flexibility index (Phi) is 5.90. The van der Waals surface area contributed by atoms with Crippen LogP contribution < -0.4 is 15.8 Å². The smallest absolute Gasteiger partial charge is 0.312 e. The van der Waals surface area contributed by atoms with Crippen LogP contribution in [0.2, 0.25) is 0 Å². The summed E-state index contributed by atoms with van der Waals surface area (Å²) in [4.78, 5) is 21.2. The van der Waals surface area contributed by atoms with E-state index in [-0.39, 0.29) is 35.1 Å². The molecule has 124 valence electrons. The molecule has 8 nitrogen and oxygen atoms in total. The number of nitrogens with two attached hydrogens (primary N) is 1. The van der Waals surface area contributed by atoms with Crippen molar-refractivity contribution in [3.8, 4) is 11.8 Å². The molecule has 8 heteroatoms. The number of ether oxygens (including phenoxy) is 1. The number of carbonyl (C=O) groups excluding carboxylic acids is 1. The lowest BCUT2D eigenvalue weighted by Crippen LogP contribution is -2.40. The summed E-state index contributed by atoms with van der Waals surface area (Å²) < 4.78 is 5.62. The Bertz CT molecular complexity index is 637. The fourth-order valence-corrected chi connectivity index (χ4v) is 2.36. The quantitative estimate of drug-likeness (QED) is 0.588. The molecule has 1 unspecified atom stereocenters. The monoisotopic (exact) mass is 320 g/mol. The minimum absolute atomic E-state index is 0.100. The molecule has 0 saturated carbocycles. The molecule has 23 heavy (non-hydrogen) atoms. The number of carbonyl (C=O) groups is 1. The maximum absolute atomic E-state index is 10.9. The first kappa shape index (κ1) is 18.2. The summed E-state index contributed by atoms with van der Waals surface area (Å²) in [6, 6.07) is 5.32. The lowest BCUT2D eigenvalue weighted by Gasteiger charge is -2.28. The molecule has 0 radical (unpaired) electrons. The number of hydrogen-bond acceptors (Lipinski definition) is 5. The third-order valence-electron chi connectivity index (χ3n) is 3.18. The Labute approximate surface area is 134 Å². The van der Waals surface area contributed by atoms with Crippen LogP contribution in [0.15, 0.2) is 18.2 Å². The van der Waals surface area contributed by atoms with Gasteiger partial charge in [0.2, 0.25) is 0 Å². The van der Waals surface area contributed by atoms with E-state index in [2.05, 4.69) is 5.32 Å². The number of nitriles is 1. The summed E-state index contributed by atoms with van der Waals surface area (Å²) in [6.45, 7) is 5.90. The van der Waals surface area contributed by atoms with Crippen molar-refractivity contribution >= 4 is 11.7 Å². The highest BCUT2D eigenvalue weighted by Gasteiger charge is 2.25. The number of nitro benzene ring substituents is 1. The number of urea groups is 1. The summed E-state index contributed by atoms with van der Waals surface area (Å²) in [5.74, 6) is 0.172. The van der Waals surface area contributed by atoms with Gasteiger partial charge in [-0.25, -0.2) is 4.79 Å². The third-order valence-corrected chi connectivity index (χ3v) is 3.18. The van der Waals surface area contributed by atoms with Gasteiger partial charge in [-0.2, -0.15) is 5.26 Å². The molecule has 2 amide bonds. The molecule has 1 aromatic carbocycles. The largest absolute Gasteiger partial charge is 0.491 e. The number of nitrogens with one attached hydrogen (secondary N) is 1. The molecule has 3 N–H and O–H groups in total. The van der Waals surface area contributed by atoms with Gasteiger partial charge in [-0.3, -0.25) is 10.1 Å². The second-order valence-corrected chi connectivity index (χ2v) is 6.09. The molecule has 0 fully saturated rings. The van der Waals surface area contributed by atoms with E-state index in [1.165, 1.54) is 18.2 Å². The highest BCUT2D eigenvalue weighted by molar-refractivity contribution is 5.71. The van der Waals surface area contributed by atoms with Crippen LogP contribution in [0.4, 0.5) is 10.5 Å². The molecule has 0 saturated heterocycles. The number of primary amides is 1. The van der Waals surface area contributed by atoms with Gasteiger partial charge in [0.1, 0.15) is 11.8 Å². The Morgan fingerprint density at radius 3 is 2.74 bits per heavy atom. The highest BCUT2D eigenvalue weighted by atomic mass is 16.6. The number of benzene rings is 1. The average molecular weight is 320 g/mol. The molecular formula is C15H20N4O4. The summed E-state index contributed by atoms with van der Waals surface area (Å²) >= 11 is 0. The van der Waals surface area contributed by atoms with Crippen molar-refractivity contribution in [2.75, 3.05) is 6.61 Å². The van der Waals surface area contributed by atoms with Crippen LogP contribution in [0.5, 0.6) is 5.75 Å². The lowest BCUT2D eigenvalue weighted by atomic mass is 9.87. The van der Waals surface area contributed by atoms with Crippen LogP contribution in [0.1, 0.15) is 32.8 Å². The zero-order valence-electron chi connectivity index (χ0n) is 13.3. The maximum Gasteiger partial charge on any atom is 0.312 e. The first-order chi connectivity index (χ1) is 10.7. The molecule has 1 aromatic rings. The molecule has 0 aromatic heterocycles. The van der Waals surface area contributed by atoms with E-state index in [4.69, 9.17) is 15.7 Å². The van der Waals surface area contributed by atoms with Crippen LogP contribution in [0.25, 0.3) is 0 Å². The van der Waals surface area contributed by atoms with Crippen molar-refractivity contribution in [1.29, 1.82) is 5.26 Å². The predicted molar refractivity (Wildman–Crippen MR) is 83.9 cm³/mol. The minimum atomic E-state index is -0.616. The molecule has 0 aliphatic heterocycles. The van der Waals surface area contributed by atoms with E-state index in [1.807, 2.05) is 26.8 Å². The Morgan fingerprint density at radius 2 is 2.22 bits per heavy atom. The van der Waals surface area contributed by atoms with Gasteiger partial charge < -0.3 is 15.8 Å². The van der Waals surface area contributed by atoms with Crippen molar-refractivity contribution in [3.63, 3.8) is 0 Å². The second kappa shape index (κ2) is 7.45. The summed E-state index contributed by atoms with van der Waals surface area (Å²) in [5, 5.41) is 22.6. The Morgan fingerprint density at radius 1 is 1.57 bits per heavy atom. The number of hydrogen-bond donors (Lipinski definition) is 2. The number of rotatable bonds is 7. The van der Waals surface area contributed by atoms with E-state index < -0.39 is 11.0 Å². The number of amides is 2. The van der Waals surface area contributed by atoms with Crippen molar-refractivity contribution in [1.82, 2.24) is 5.32 Å². The third kappa shape index (κ3) is 5.47. The Balaban J connectivity index is 2.81. The molecule has 1 atom stereocenters. The number of nitrogens with zero attached hydrogens (tertiary/aromatic N) is 2. The van der Waals surface area contributed by atoms with Crippen molar-refractivity contribution < 1.29 is 14.5 Å². The van der Waals surface area contributed by atoms with E-state index in [1.54, 1.807) is 0 Å². The first-order valence-electron chi connectivity index (χ1n) is 7.02. The van der Waals surface area contributed by atoms with Gasteiger partial charge in [-0.05, 0) is 19.4 Å². The Hall–Kier alpha value is -2.82. The zero-order chi connectivity index (χ0) is 17.6. The van der Waals surface area contributed by atoms with Gasteiger partial charge in [-0.1, -0.05) is 19.9 Å². The van der Waals surface area contributed by atoms with Crippen molar-refractivity contribution in [2.24, 2.45) is 11.1 Å². The normalized spacial score (nSPS) is 12.1. The molecular weight excluding hydrogens is 300 g/mol. The minimum Gasteiger partial charge on any atom is -0.491 e. The molecule has 0 aliphatic carbocycles.